The second-order valence-electron chi connectivity index (χ2n) is 9.57. The zero-order valence-corrected chi connectivity index (χ0v) is 22.0. The number of thiophene rings is 1. The molecule has 198 valence electrons. The number of amides is 1. The average Bonchev–Trinajstić information content (AvgIpc) is 3.52. The van der Waals surface area contributed by atoms with E-state index in [1.807, 2.05) is 4.90 Å². The van der Waals surface area contributed by atoms with E-state index < -0.39 is 5.82 Å². The molecule has 0 bridgehead atoms. The molecule has 2 saturated heterocycles. The van der Waals surface area contributed by atoms with Gasteiger partial charge in [0, 0.05) is 30.6 Å². The molecule has 1 unspecified atom stereocenters. The quantitative estimate of drug-likeness (QED) is 0.455. The lowest BCUT2D eigenvalue weighted by molar-refractivity contribution is -0.128. The summed E-state index contributed by atoms with van der Waals surface area (Å²) >= 11 is 1.29. The minimum Gasteiger partial charge on any atom is -0.507 e. The number of fused-ring (bicyclic) bond motifs is 1. The van der Waals surface area contributed by atoms with Gasteiger partial charge in [0.1, 0.15) is 18.2 Å². The highest BCUT2D eigenvalue weighted by atomic mass is 32.1. The topological polar surface area (TPSA) is 106 Å². The predicted octanol–water partition coefficient (Wildman–Crippen LogP) is 3.79. The van der Waals surface area contributed by atoms with Crippen LogP contribution in [-0.4, -0.2) is 82.7 Å². The Balaban J connectivity index is 1.54. The van der Waals surface area contributed by atoms with Gasteiger partial charge in [-0.3, -0.25) is 4.79 Å². The fourth-order valence-electron chi connectivity index (χ4n) is 5.15. The number of nitrogens with zero attached hydrogens (tertiary/aromatic N) is 6. The molecule has 0 saturated carbocycles. The predicted molar refractivity (Wildman–Crippen MR) is 144 cm³/mol. The molecule has 1 N–H and O–H groups in total. The zero-order chi connectivity index (χ0) is 26.8. The first-order valence-corrected chi connectivity index (χ1v) is 13.4. The Bertz CT molecular complexity index is 1390. The number of carbonyl (C=O) groups is 1. The van der Waals surface area contributed by atoms with Crippen molar-refractivity contribution in [3.63, 3.8) is 0 Å². The maximum Gasteiger partial charge on any atom is 0.319 e. The average molecular weight is 537 g/mol. The molecule has 38 heavy (non-hydrogen) atoms. The first-order chi connectivity index (χ1) is 18.4. The number of rotatable bonds is 7. The van der Waals surface area contributed by atoms with Crippen LogP contribution < -0.4 is 9.64 Å². The Morgan fingerprint density at radius 3 is 2.89 bits per heavy atom. The summed E-state index contributed by atoms with van der Waals surface area (Å²) < 4.78 is 21.5. The van der Waals surface area contributed by atoms with Crippen molar-refractivity contribution in [3.05, 3.63) is 42.7 Å². The summed E-state index contributed by atoms with van der Waals surface area (Å²) in [7, 11) is 2.07. The molecule has 0 radical (unpaired) electrons. The molecule has 5 rings (SSSR count). The van der Waals surface area contributed by atoms with E-state index in [-0.39, 0.29) is 41.7 Å². The number of hydrogen-bond acceptors (Lipinski definition) is 9. The van der Waals surface area contributed by atoms with Crippen LogP contribution in [0.1, 0.15) is 19.3 Å². The lowest BCUT2D eigenvalue weighted by Crippen LogP contribution is -2.55. The van der Waals surface area contributed by atoms with E-state index in [2.05, 4.69) is 29.6 Å². The summed E-state index contributed by atoms with van der Waals surface area (Å²) in [6.07, 6.45) is 3.58. The van der Waals surface area contributed by atoms with Crippen molar-refractivity contribution in [2.24, 2.45) is 0 Å². The van der Waals surface area contributed by atoms with Crippen molar-refractivity contribution in [3.8, 4) is 28.3 Å². The van der Waals surface area contributed by atoms with E-state index in [4.69, 9.17) is 9.72 Å². The summed E-state index contributed by atoms with van der Waals surface area (Å²) in [6, 6.07) is 8.29. The van der Waals surface area contributed by atoms with Crippen molar-refractivity contribution in [2.45, 2.75) is 31.3 Å². The standard InChI is InChI=1S/C27H29FN6O3S/c1-3-23(36)34-13-12-33(15-17(34)9-10-29)26-25-20(14-22(38-25)24-19(28)7-4-8-21(24)35)30-27(31-26)37-16-18-6-5-11-32(18)2/h3-4,7-8,14,17-18,35H,1,5-6,9,11-13,15-16H2,2H3/t17?,18-/m0/s1. The van der Waals surface area contributed by atoms with E-state index in [1.165, 1.54) is 35.6 Å². The number of carbonyl (C=O) groups excluding carboxylic acids is 1. The van der Waals surface area contributed by atoms with Gasteiger partial charge in [0.2, 0.25) is 5.91 Å². The summed E-state index contributed by atoms with van der Waals surface area (Å²) in [5.74, 6) is -0.295. The minimum absolute atomic E-state index is 0.111. The maximum atomic E-state index is 14.7. The molecular formula is C27H29FN6O3S. The number of aromatic hydroxyl groups is 1. The molecule has 2 fully saturated rings. The van der Waals surface area contributed by atoms with Crippen LogP contribution in [0.25, 0.3) is 20.7 Å². The second-order valence-corrected chi connectivity index (χ2v) is 10.6. The Morgan fingerprint density at radius 2 is 2.18 bits per heavy atom. The van der Waals surface area contributed by atoms with Crippen LogP contribution in [0.5, 0.6) is 11.8 Å². The third kappa shape index (κ3) is 5.01. The molecule has 1 aromatic carbocycles. The fourth-order valence-corrected chi connectivity index (χ4v) is 6.32. The van der Waals surface area contributed by atoms with Crippen molar-refractivity contribution in [1.29, 1.82) is 5.26 Å². The van der Waals surface area contributed by atoms with Gasteiger partial charge in [-0.05, 0) is 50.7 Å². The maximum absolute atomic E-state index is 14.7. The van der Waals surface area contributed by atoms with Crippen LogP contribution in [0.3, 0.4) is 0 Å². The van der Waals surface area contributed by atoms with Crippen LogP contribution in [0.15, 0.2) is 36.9 Å². The highest BCUT2D eigenvalue weighted by Gasteiger charge is 2.32. The Labute approximate surface area is 224 Å². The third-order valence-corrected chi connectivity index (χ3v) is 8.35. The minimum atomic E-state index is -0.530. The number of phenolic OH excluding ortho intramolecular Hbond substituents is 1. The molecular weight excluding hydrogens is 507 g/mol. The zero-order valence-electron chi connectivity index (χ0n) is 21.1. The van der Waals surface area contributed by atoms with Crippen molar-refractivity contribution in [1.82, 2.24) is 19.8 Å². The molecule has 2 aromatic heterocycles. The highest BCUT2D eigenvalue weighted by Crippen LogP contribution is 2.42. The van der Waals surface area contributed by atoms with Crippen LogP contribution in [0.4, 0.5) is 10.2 Å². The van der Waals surface area contributed by atoms with Gasteiger partial charge in [0.05, 0.1) is 34.3 Å². The highest BCUT2D eigenvalue weighted by molar-refractivity contribution is 7.22. The van der Waals surface area contributed by atoms with Crippen molar-refractivity contribution >= 4 is 33.3 Å². The van der Waals surface area contributed by atoms with Crippen LogP contribution >= 0.6 is 11.3 Å². The van der Waals surface area contributed by atoms with E-state index >= 15 is 0 Å². The Morgan fingerprint density at radius 1 is 1.34 bits per heavy atom. The lowest BCUT2D eigenvalue weighted by atomic mass is 10.1. The van der Waals surface area contributed by atoms with Crippen molar-refractivity contribution in [2.75, 3.05) is 44.7 Å². The van der Waals surface area contributed by atoms with Gasteiger partial charge in [-0.2, -0.15) is 15.2 Å². The van der Waals surface area contributed by atoms with Gasteiger partial charge in [-0.1, -0.05) is 12.6 Å². The smallest absolute Gasteiger partial charge is 0.319 e. The fraction of sp³-hybridized carbons (Fsp3) is 0.407. The molecule has 0 aliphatic carbocycles. The summed E-state index contributed by atoms with van der Waals surface area (Å²) in [5.41, 5.74) is 0.689. The van der Waals surface area contributed by atoms with Gasteiger partial charge in [0.25, 0.3) is 0 Å². The van der Waals surface area contributed by atoms with Crippen LogP contribution in [-0.2, 0) is 4.79 Å². The molecule has 1 amide bonds. The molecule has 11 heteroatoms. The monoisotopic (exact) mass is 536 g/mol. The van der Waals surface area contributed by atoms with Crippen molar-refractivity contribution < 1.29 is 19.0 Å². The summed E-state index contributed by atoms with van der Waals surface area (Å²) in [6.45, 7) is 6.33. The molecule has 2 aliphatic rings. The van der Waals surface area contributed by atoms with Gasteiger partial charge in [-0.25, -0.2) is 4.39 Å². The number of ether oxygens (including phenoxy) is 1. The third-order valence-electron chi connectivity index (χ3n) is 7.21. The number of likely N-dealkylation sites (tertiary alicyclic amines) is 1. The van der Waals surface area contributed by atoms with Gasteiger partial charge >= 0.3 is 6.01 Å². The number of likely N-dealkylation sites (N-methyl/N-ethyl adjacent to an activating group) is 1. The number of anilines is 1. The molecule has 9 nitrogen and oxygen atoms in total. The number of benzene rings is 1. The van der Waals surface area contributed by atoms with E-state index in [1.54, 1.807) is 11.0 Å². The van der Waals surface area contributed by atoms with Gasteiger partial charge in [0.15, 0.2) is 5.82 Å². The SMILES string of the molecule is C=CC(=O)N1CCN(c2nc(OC[C@@H]3CCCN3C)nc3cc(-c4c(O)cccc4F)sc23)CC1CC#N. The van der Waals surface area contributed by atoms with E-state index in [0.29, 0.717) is 47.2 Å². The molecule has 0 spiro atoms. The van der Waals surface area contributed by atoms with E-state index in [9.17, 15) is 19.6 Å². The first-order valence-electron chi connectivity index (χ1n) is 12.6. The first kappa shape index (κ1) is 25.9. The number of nitriles is 1. The Kier molecular flexibility index (Phi) is 7.44. The van der Waals surface area contributed by atoms with Crippen LogP contribution in [0.2, 0.25) is 0 Å². The molecule has 3 aromatic rings. The van der Waals surface area contributed by atoms with Gasteiger partial charge in [-0.15, -0.1) is 11.3 Å². The van der Waals surface area contributed by atoms with E-state index in [0.717, 1.165) is 19.4 Å². The second kappa shape index (κ2) is 10.9. The number of hydrogen-bond donors (Lipinski definition) is 1. The number of halogens is 1. The largest absolute Gasteiger partial charge is 0.507 e. The summed E-state index contributed by atoms with van der Waals surface area (Å²) in [4.78, 5) is 28.3. The lowest BCUT2D eigenvalue weighted by Gasteiger charge is -2.40. The number of phenols is 1. The molecule has 2 aliphatic heterocycles. The van der Waals surface area contributed by atoms with Gasteiger partial charge < -0.3 is 24.5 Å². The number of piperazine rings is 1. The molecule has 4 heterocycles. The summed E-state index contributed by atoms with van der Waals surface area (Å²) in [5, 5.41) is 19.8. The Hall–Kier alpha value is -3.75. The molecule has 2 atom stereocenters. The normalized spacial score (nSPS) is 20.0. The van der Waals surface area contributed by atoms with Crippen LogP contribution in [0, 0.1) is 17.1 Å². The number of aromatic nitrogens is 2.